The quantitative estimate of drug-likeness (QED) is 0.169. The van der Waals surface area contributed by atoms with Crippen molar-refractivity contribution >= 4 is 6.09 Å². The SMILES string of the molecule is COc1ccc(-c2ccc(-c3ccccc3O)cc2C)cc1-c1cc2c(cc1CN1C(=O)O[C@H](c3cc(C(F)(F)F)cc(C(F)(F)F)c3)[C@@H]1C)CCC2. The molecule has 5 nitrogen and oxygen atoms in total. The van der Waals surface area contributed by atoms with Crippen molar-refractivity contribution in [3.63, 3.8) is 0 Å². The lowest BCUT2D eigenvalue weighted by molar-refractivity contribution is -0.143. The number of phenols is 1. The van der Waals surface area contributed by atoms with Gasteiger partial charge in [-0.05, 0) is 120 Å². The van der Waals surface area contributed by atoms with E-state index in [1.807, 2.05) is 61.5 Å². The molecule has 0 spiro atoms. The Hall–Kier alpha value is -5.45. The van der Waals surface area contributed by atoms with Crippen molar-refractivity contribution in [3.05, 3.63) is 130 Å². The number of benzene rings is 5. The average Bonchev–Trinajstić information content (AvgIpc) is 3.69. The highest BCUT2D eigenvalue weighted by Crippen LogP contribution is 2.44. The summed E-state index contributed by atoms with van der Waals surface area (Å²) in [6.07, 6.45) is -9.67. The first-order valence-electron chi connectivity index (χ1n) is 17.1. The molecule has 0 unspecified atom stereocenters. The summed E-state index contributed by atoms with van der Waals surface area (Å²) in [6.45, 7) is 3.53. The zero-order valence-electron chi connectivity index (χ0n) is 29.0. The van der Waals surface area contributed by atoms with E-state index in [-0.39, 0.29) is 23.9 Å². The second-order valence-corrected chi connectivity index (χ2v) is 13.6. The maximum absolute atomic E-state index is 13.7. The van der Waals surface area contributed by atoms with Crippen LogP contribution in [0.4, 0.5) is 31.1 Å². The standard InChI is InChI=1S/C42H35F6NO4/c1-23-15-27(34-9-4-5-10-37(34)50)11-13-33(23)28-12-14-38(52-3)36(20-28)35-19-26-8-6-7-25(26)16-30(35)22-49-24(2)39(53-40(49)51)29-17-31(41(43,44)45)21-32(18-29)42(46,47)48/h4-5,9-21,24,39,50H,6-8,22H2,1-3H3/t24-,39-/m0/s1. The average molecular weight is 732 g/mol. The summed E-state index contributed by atoms with van der Waals surface area (Å²) >= 11 is 0. The van der Waals surface area contributed by atoms with E-state index in [9.17, 15) is 36.2 Å². The summed E-state index contributed by atoms with van der Waals surface area (Å²) in [6, 6.07) is 23.4. The molecular formula is C42H35F6NO4. The number of amides is 1. The van der Waals surface area contributed by atoms with Crippen molar-refractivity contribution in [2.75, 3.05) is 7.11 Å². The number of rotatable bonds is 7. The maximum atomic E-state index is 13.7. The van der Waals surface area contributed by atoms with Gasteiger partial charge in [0.15, 0.2) is 0 Å². The predicted octanol–water partition coefficient (Wildman–Crippen LogP) is 11.3. The fraction of sp³-hybridized carbons (Fsp3) is 0.262. The van der Waals surface area contributed by atoms with Crippen LogP contribution in [-0.2, 0) is 36.5 Å². The van der Waals surface area contributed by atoms with Crippen molar-refractivity contribution in [2.24, 2.45) is 0 Å². The molecule has 1 N–H and O–H groups in total. The molecule has 1 amide bonds. The van der Waals surface area contributed by atoms with Gasteiger partial charge >= 0.3 is 18.4 Å². The third-order valence-corrected chi connectivity index (χ3v) is 10.2. The molecule has 53 heavy (non-hydrogen) atoms. The van der Waals surface area contributed by atoms with Crippen LogP contribution in [0.25, 0.3) is 33.4 Å². The van der Waals surface area contributed by atoms with Gasteiger partial charge in [-0.15, -0.1) is 0 Å². The van der Waals surface area contributed by atoms with E-state index in [0.29, 0.717) is 23.4 Å². The number of hydrogen-bond acceptors (Lipinski definition) is 4. The summed E-state index contributed by atoms with van der Waals surface area (Å²) in [5.74, 6) is 0.758. The Kier molecular flexibility index (Phi) is 9.16. The van der Waals surface area contributed by atoms with E-state index < -0.39 is 41.7 Å². The predicted molar refractivity (Wildman–Crippen MR) is 188 cm³/mol. The lowest BCUT2D eigenvalue weighted by atomic mass is 9.90. The molecule has 274 valence electrons. The Morgan fingerprint density at radius 3 is 2.06 bits per heavy atom. The van der Waals surface area contributed by atoms with E-state index in [2.05, 4.69) is 6.07 Å². The Morgan fingerprint density at radius 2 is 1.42 bits per heavy atom. The van der Waals surface area contributed by atoms with Crippen molar-refractivity contribution in [1.29, 1.82) is 0 Å². The third kappa shape index (κ3) is 6.92. The highest BCUT2D eigenvalue weighted by Gasteiger charge is 2.43. The van der Waals surface area contributed by atoms with Crippen LogP contribution in [0.5, 0.6) is 11.5 Å². The Labute approximate surface area is 302 Å². The number of aromatic hydroxyl groups is 1. The van der Waals surface area contributed by atoms with E-state index in [1.54, 1.807) is 26.2 Å². The minimum Gasteiger partial charge on any atom is -0.507 e. The first-order chi connectivity index (χ1) is 25.1. The van der Waals surface area contributed by atoms with Crippen LogP contribution < -0.4 is 4.74 Å². The van der Waals surface area contributed by atoms with Gasteiger partial charge < -0.3 is 14.6 Å². The van der Waals surface area contributed by atoms with E-state index in [0.717, 1.165) is 69.3 Å². The van der Waals surface area contributed by atoms with Crippen LogP contribution in [0, 0.1) is 6.92 Å². The molecular weight excluding hydrogens is 696 g/mol. The van der Waals surface area contributed by atoms with Crippen molar-refractivity contribution < 1.29 is 45.7 Å². The number of phenolic OH excluding ortho intramolecular Hbond substituents is 1. The molecule has 11 heteroatoms. The van der Waals surface area contributed by atoms with Gasteiger partial charge in [-0.2, -0.15) is 26.3 Å². The number of methoxy groups -OCH3 is 1. The van der Waals surface area contributed by atoms with Gasteiger partial charge in [0.05, 0.1) is 30.8 Å². The number of ether oxygens (including phenoxy) is 2. The number of cyclic esters (lactones) is 1. The molecule has 2 aliphatic rings. The molecule has 1 saturated heterocycles. The zero-order chi connectivity index (χ0) is 37.8. The number of halogens is 6. The lowest BCUT2D eigenvalue weighted by Crippen LogP contribution is -2.31. The van der Waals surface area contributed by atoms with Crippen LogP contribution in [0.1, 0.15) is 58.4 Å². The largest absolute Gasteiger partial charge is 0.507 e. The number of nitrogens with zero attached hydrogens (tertiary/aromatic N) is 1. The summed E-state index contributed by atoms with van der Waals surface area (Å²) in [5, 5.41) is 10.4. The minimum atomic E-state index is -5.04. The molecule has 0 aromatic heterocycles. The van der Waals surface area contributed by atoms with Crippen LogP contribution in [0.2, 0.25) is 0 Å². The summed E-state index contributed by atoms with van der Waals surface area (Å²) < 4.78 is 93.5. The van der Waals surface area contributed by atoms with Crippen molar-refractivity contribution in [3.8, 4) is 44.9 Å². The third-order valence-electron chi connectivity index (χ3n) is 10.2. The van der Waals surface area contributed by atoms with E-state index in [1.165, 1.54) is 4.90 Å². The first kappa shape index (κ1) is 35.9. The van der Waals surface area contributed by atoms with Gasteiger partial charge in [0.1, 0.15) is 17.6 Å². The highest BCUT2D eigenvalue weighted by atomic mass is 19.4. The number of carbonyl (C=O) groups is 1. The number of hydrogen-bond donors (Lipinski definition) is 1. The molecule has 0 radical (unpaired) electrons. The lowest BCUT2D eigenvalue weighted by Gasteiger charge is -2.24. The molecule has 0 saturated carbocycles. The molecule has 0 bridgehead atoms. The van der Waals surface area contributed by atoms with Gasteiger partial charge in [-0.3, -0.25) is 4.90 Å². The van der Waals surface area contributed by atoms with Crippen LogP contribution in [-0.4, -0.2) is 29.3 Å². The first-order valence-corrected chi connectivity index (χ1v) is 17.1. The van der Waals surface area contributed by atoms with Gasteiger partial charge in [-0.1, -0.05) is 54.6 Å². The fourth-order valence-corrected chi connectivity index (χ4v) is 7.50. The molecule has 5 aromatic carbocycles. The van der Waals surface area contributed by atoms with Gasteiger partial charge in [0.25, 0.3) is 0 Å². The number of para-hydroxylation sites is 1. The second-order valence-electron chi connectivity index (χ2n) is 13.6. The van der Waals surface area contributed by atoms with Crippen molar-refractivity contribution in [1.82, 2.24) is 4.90 Å². The minimum absolute atomic E-state index is 0.00806. The van der Waals surface area contributed by atoms with Gasteiger partial charge in [0, 0.05) is 11.1 Å². The summed E-state index contributed by atoms with van der Waals surface area (Å²) in [5.41, 5.74) is 5.60. The van der Waals surface area contributed by atoms with Crippen LogP contribution in [0.15, 0.2) is 91.0 Å². The van der Waals surface area contributed by atoms with Crippen LogP contribution >= 0.6 is 0 Å². The highest BCUT2D eigenvalue weighted by molar-refractivity contribution is 5.83. The number of fused-ring (bicyclic) bond motifs is 1. The molecule has 1 aliphatic heterocycles. The smallest absolute Gasteiger partial charge is 0.416 e. The maximum Gasteiger partial charge on any atom is 0.416 e. The summed E-state index contributed by atoms with van der Waals surface area (Å²) in [7, 11) is 1.56. The molecule has 1 heterocycles. The topological polar surface area (TPSA) is 59.0 Å². The molecule has 1 fully saturated rings. The second kappa shape index (κ2) is 13.5. The van der Waals surface area contributed by atoms with Crippen LogP contribution in [0.3, 0.4) is 0 Å². The monoisotopic (exact) mass is 731 g/mol. The molecule has 5 aromatic rings. The molecule has 1 aliphatic carbocycles. The van der Waals surface area contributed by atoms with Gasteiger partial charge in [0.2, 0.25) is 0 Å². The Morgan fingerprint density at radius 1 is 0.774 bits per heavy atom. The number of carbonyl (C=O) groups excluding carboxylic acids is 1. The van der Waals surface area contributed by atoms with E-state index in [4.69, 9.17) is 9.47 Å². The zero-order valence-corrected chi connectivity index (χ0v) is 29.0. The summed E-state index contributed by atoms with van der Waals surface area (Å²) in [4.78, 5) is 14.7. The van der Waals surface area contributed by atoms with Gasteiger partial charge in [-0.25, -0.2) is 4.79 Å². The van der Waals surface area contributed by atoms with E-state index >= 15 is 0 Å². The Bertz CT molecular complexity index is 2200. The molecule has 2 atom stereocenters. The number of aryl methyl sites for hydroxylation is 3. The molecule has 7 rings (SSSR count). The number of alkyl halides is 6. The Balaban J connectivity index is 1.27. The fourth-order valence-electron chi connectivity index (χ4n) is 7.50. The normalized spacial score (nSPS) is 17.2. The van der Waals surface area contributed by atoms with Crippen molar-refractivity contribution in [2.45, 2.75) is 64.2 Å².